The molecule has 2 aliphatic carbocycles. The van der Waals surface area contributed by atoms with E-state index in [1.165, 1.54) is 121 Å². The fraction of sp³-hybridized carbons (Fsp3) is 0.0909. The van der Waals surface area contributed by atoms with Gasteiger partial charge in [-0.15, -0.1) is 0 Å². The number of aromatic nitrogens is 2. The number of nitrogens with zero attached hydrogens (tertiary/aromatic N) is 2. The molecule has 0 unspecified atom stereocenters. The average Bonchev–Trinajstić information content (AvgIpc) is 3.75. The van der Waals surface area contributed by atoms with Gasteiger partial charge in [0.2, 0.25) is 0 Å². The van der Waals surface area contributed by atoms with Crippen LogP contribution in [-0.4, -0.2) is 9.97 Å². The highest BCUT2D eigenvalue weighted by Crippen LogP contribution is 2.53. The molecule has 2 nitrogen and oxygen atoms in total. The van der Waals surface area contributed by atoms with E-state index in [-0.39, 0.29) is 10.8 Å². The summed E-state index contributed by atoms with van der Waals surface area (Å²) >= 11 is 0. The molecule has 320 valence electrons. The van der Waals surface area contributed by atoms with Gasteiger partial charge in [-0.3, -0.25) is 9.97 Å². The second kappa shape index (κ2) is 14.2. The maximum Gasteiger partial charge on any atom is 0.0792 e. The lowest BCUT2D eigenvalue weighted by atomic mass is 9.80. The first-order chi connectivity index (χ1) is 33.3. The predicted molar refractivity (Wildman–Crippen MR) is 286 cm³/mol. The quantitative estimate of drug-likeness (QED) is 0.165. The molecular formula is C66H46N2. The number of fused-ring (bicyclic) bond motifs is 11. The van der Waals surface area contributed by atoms with E-state index < -0.39 is 0 Å². The molecule has 68 heavy (non-hydrogen) atoms. The van der Waals surface area contributed by atoms with E-state index in [2.05, 4.69) is 222 Å². The molecular weight excluding hydrogens is 821 g/mol. The minimum absolute atomic E-state index is 0.0967. The van der Waals surface area contributed by atoms with Crippen molar-refractivity contribution in [2.45, 2.75) is 38.5 Å². The van der Waals surface area contributed by atoms with Crippen molar-refractivity contribution in [3.05, 3.63) is 229 Å². The molecule has 14 rings (SSSR count). The molecule has 2 heterocycles. The number of hydrogen-bond acceptors (Lipinski definition) is 2. The minimum atomic E-state index is -0.0967. The van der Waals surface area contributed by atoms with Gasteiger partial charge in [-0.1, -0.05) is 185 Å². The average molecular weight is 867 g/mol. The summed E-state index contributed by atoms with van der Waals surface area (Å²) < 4.78 is 0. The van der Waals surface area contributed by atoms with Crippen LogP contribution < -0.4 is 0 Å². The molecule has 0 saturated carbocycles. The molecule has 0 aliphatic heterocycles. The molecule has 2 aliphatic rings. The van der Waals surface area contributed by atoms with E-state index in [4.69, 9.17) is 9.97 Å². The molecule has 0 N–H and O–H groups in total. The van der Waals surface area contributed by atoms with Crippen LogP contribution in [0.25, 0.3) is 121 Å². The van der Waals surface area contributed by atoms with Crippen LogP contribution in [-0.2, 0) is 10.8 Å². The number of pyridine rings is 2. The molecule has 12 aromatic rings. The van der Waals surface area contributed by atoms with E-state index in [9.17, 15) is 0 Å². The minimum Gasteiger partial charge on any atom is -0.256 e. The zero-order chi connectivity index (χ0) is 45.5. The van der Waals surface area contributed by atoms with Gasteiger partial charge in [-0.25, -0.2) is 0 Å². The smallest absolute Gasteiger partial charge is 0.0792 e. The van der Waals surface area contributed by atoms with Crippen molar-refractivity contribution in [1.82, 2.24) is 9.97 Å². The Morgan fingerprint density at radius 1 is 0.279 bits per heavy atom. The van der Waals surface area contributed by atoms with Crippen molar-refractivity contribution in [1.29, 1.82) is 0 Å². The summed E-state index contributed by atoms with van der Waals surface area (Å²) in [5.41, 5.74) is 22.2. The highest BCUT2D eigenvalue weighted by Gasteiger charge is 2.37. The Hall–Kier alpha value is -8.20. The fourth-order valence-electron chi connectivity index (χ4n) is 12.5. The first kappa shape index (κ1) is 39.0. The third kappa shape index (κ3) is 5.40. The lowest BCUT2D eigenvalue weighted by molar-refractivity contribution is 0.660. The van der Waals surface area contributed by atoms with Crippen LogP contribution in [0.15, 0.2) is 207 Å². The van der Waals surface area contributed by atoms with Crippen LogP contribution in [0.5, 0.6) is 0 Å². The summed E-state index contributed by atoms with van der Waals surface area (Å²) in [7, 11) is 0. The van der Waals surface area contributed by atoms with Gasteiger partial charge in [0, 0.05) is 45.1 Å². The largest absolute Gasteiger partial charge is 0.256 e. The summed E-state index contributed by atoms with van der Waals surface area (Å²) in [6.07, 6.45) is 3.89. The lowest BCUT2D eigenvalue weighted by Crippen LogP contribution is -2.14. The summed E-state index contributed by atoms with van der Waals surface area (Å²) in [6, 6.07) is 72.4. The van der Waals surface area contributed by atoms with Crippen LogP contribution in [0, 0.1) is 0 Å². The van der Waals surface area contributed by atoms with Gasteiger partial charge in [-0.05, 0) is 147 Å². The van der Waals surface area contributed by atoms with Crippen molar-refractivity contribution in [3.8, 4) is 66.8 Å². The van der Waals surface area contributed by atoms with E-state index in [1.807, 2.05) is 12.4 Å². The Bertz CT molecular complexity index is 3770. The summed E-state index contributed by atoms with van der Waals surface area (Å²) in [5, 5.41) is 9.57. The van der Waals surface area contributed by atoms with Gasteiger partial charge in [-0.2, -0.15) is 0 Å². The second-order valence-corrected chi connectivity index (χ2v) is 20.0. The lowest BCUT2D eigenvalue weighted by Gasteiger charge is -2.23. The Kier molecular flexibility index (Phi) is 8.12. The standard InChI is InChI=1S/C66H46N2/c1-65(2)55-23-11-9-15-45(55)47-31-29-43(37-57(47)65)61-51-19-7-5-17-49(51)59(53-21-13-33-67-63(53)61)41-27-25-40-36-42(28-26-39(40)35-41)60-50-18-6-8-20-52(50)62(64-54(60)22-14-34-68-64)44-30-32-48-46-16-10-12-24-56(46)66(3,4)58(48)38-44/h5-38H,1-4H3. The van der Waals surface area contributed by atoms with Gasteiger partial charge < -0.3 is 0 Å². The van der Waals surface area contributed by atoms with Gasteiger partial charge >= 0.3 is 0 Å². The van der Waals surface area contributed by atoms with Crippen LogP contribution in [0.4, 0.5) is 0 Å². The van der Waals surface area contributed by atoms with Gasteiger partial charge in [0.25, 0.3) is 0 Å². The highest BCUT2D eigenvalue weighted by atomic mass is 14.7. The van der Waals surface area contributed by atoms with Crippen molar-refractivity contribution in [2.75, 3.05) is 0 Å². The van der Waals surface area contributed by atoms with Gasteiger partial charge in [0.1, 0.15) is 0 Å². The van der Waals surface area contributed by atoms with E-state index >= 15 is 0 Å². The van der Waals surface area contributed by atoms with Crippen LogP contribution in [0.2, 0.25) is 0 Å². The van der Waals surface area contributed by atoms with Crippen LogP contribution in [0.1, 0.15) is 49.9 Å². The number of hydrogen-bond donors (Lipinski definition) is 0. The Balaban J connectivity index is 0.908. The third-order valence-electron chi connectivity index (χ3n) is 15.7. The molecule has 0 saturated heterocycles. The molecule has 2 heteroatoms. The van der Waals surface area contributed by atoms with E-state index in [0.29, 0.717) is 0 Å². The molecule has 0 bridgehead atoms. The summed E-state index contributed by atoms with van der Waals surface area (Å²) in [6.45, 7) is 9.42. The first-order valence-corrected chi connectivity index (χ1v) is 23.9. The van der Waals surface area contributed by atoms with Crippen molar-refractivity contribution < 1.29 is 0 Å². The molecule has 2 aromatic heterocycles. The van der Waals surface area contributed by atoms with Gasteiger partial charge in [0.05, 0.1) is 11.0 Å². The topological polar surface area (TPSA) is 25.8 Å². The van der Waals surface area contributed by atoms with Crippen molar-refractivity contribution in [3.63, 3.8) is 0 Å². The Morgan fingerprint density at radius 3 is 1.06 bits per heavy atom. The first-order valence-electron chi connectivity index (χ1n) is 23.9. The summed E-state index contributed by atoms with van der Waals surface area (Å²) in [5.74, 6) is 0. The predicted octanol–water partition coefficient (Wildman–Crippen LogP) is 17.5. The molecule has 0 fully saturated rings. The van der Waals surface area contributed by atoms with Crippen LogP contribution in [0.3, 0.4) is 0 Å². The Morgan fingerprint density at radius 2 is 0.618 bits per heavy atom. The molecule has 0 spiro atoms. The SMILES string of the molecule is CC1(C)c2ccccc2-c2ccc(-c3c4ccccc4c(-c4ccc5cc(-c6c7ccccc7c(-c7ccc8c(c7)C(C)(C)c7ccccc7-8)c7ncccc67)ccc5c4)c4cccnc34)cc21. The molecule has 10 aromatic carbocycles. The van der Waals surface area contributed by atoms with Crippen molar-refractivity contribution in [2.24, 2.45) is 0 Å². The normalized spacial score (nSPS) is 14.1. The maximum absolute atomic E-state index is 5.17. The fourth-order valence-corrected chi connectivity index (χ4v) is 12.5. The summed E-state index contributed by atoms with van der Waals surface area (Å²) in [4.78, 5) is 10.3. The van der Waals surface area contributed by atoms with Crippen LogP contribution >= 0.6 is 0 Å². The molecule has 0 atom stereocenters. The van der Waals surface area contributed by atoms with Crippen molar-refractivity contribution >= 4 is 54.1 Å². The molecule has 0 radical (unpaired) electrons. The Labute approximate surface area is 396 Å². The van der Waals surface area contributed by atoms with E-state index in [0.717, 1.165) is 21.8 Å². The monoisotopic (exact) mass is 866 g/mol. The van der Waals surface area contributed by atoms with E-state index in [1.54, 1.807) is 0 Å². The zero-order valence-electron chi connectivity index (χ0n) is 38.5. The zero-order valence-corrected chi connectivity index (χ0v) is 38.5. The molecule has 0 amide bonds. The third-order valence-corrected chi connectivity index (χ3v) is 15.7. The maximum atomic E-state index is 5.17. The highest BCUT2D eigenvalue weighted by molar-refractivity contribution is 6.22. The number of benzene rings is 10. The second-order valence-electron chi connectivity index (χ2n) is 20.0. The van der Waals surface area contributed by atoms with Gasteiger partial charge in [0.15, 0.2) is 0 Å². The number of rotatable bonds is 4.